The number of hydrogen-bond donors (Lipinski definition) is 0. The van der Waals surface area contributed by atoms with E-state index in [1.165, 1.54) is 0 Å². The Labute approximate surface area is 120 Å². The molecule has 0 spiro atoms. The summed E-state index contributed by atoms with van der Waals surface area (Å²) in [4.78, 5) is 27.2. The van der Waals surface area contributed by atoms with Crippen LogP contribution in [-0.2, 0) is 11.8 Å². The number of carbonyl (C=O) groups is 2. The predicted molar refractivity (Wildman–Crippen MR) is 76.5 cm³/mol. The van der Waals surface area contributed by atoms with Crippen molar-refractivity contribution in [2.75, 3.05) is 13.6 Å². The van der Waals surface area contributed by atoms with E-state index < -0.39 is 0 Å². The van der Waals surface area contributed by atoms with Crippen LogP contribution in [-0.4, -0.2) is 46.2 Å². The Morgan fingerprint density at radius 3 is 2.40 bits per heavy atom. The van der Waals surface area contributed by atoms with E-state index in [1.54, 1.807) is 24.0 Å². The highest BCUT2D eigenvalue weighted by Gasteiger charge is 2.66. The van der Waals surface area contributed by atoms with Gasteiger partial charge in [0.2, 0.25) is 0 Å². The molecule has 0 N–H and O–H groups in total. The van der Waals surface area contributed by atoms with Gasteiger partial charge in [-0.25, -0.2) is 4.98 Å². The van der Waals surface area contributed by atoms with Crippen molar-refractivity contribution in [3.8, 4) is 0 Å². The van der Waals surface area contributed by atoms with E-state index in [-0.39, 0.29) is 6.04 Å². The number of aryl methyl sites for hydroxylation is 1. The van der Waals surface area contributed by atoms with Crippen molar-refractivity contribution in [3.05, 3.63) is 18.2 Å². The molecule has 1 aromatic rings. The molecule has 1 saturated carbocycles. The third kappa shape index (κ3) is 2.54. The fraction of sp³-hybridized carbons (Fsp3) is 0.667. The number of hydrogen-bond acceptors (Lipinski definition) is 4. The van der Waals surface area contributed by atoms with Gasteiger partial charge in [0.15, 0.2) is 6.29 Å². The van der Waals surface area contributed by atoms with E-state index in [0.29, 0.717) is 22.8 Å². The highest BCUT2D eigenvalue weighted by atomic mass is 16.1. The van der Waals surface area contributed by atoms with Gasteiger partial charge in [0.25, 0.3) is 0 Å². The van der Waals surface area contributed by atoms with Gasteiger partial charge in [-0.05, 0) is 31.2 Å². The molecule has 5 heteroatoms. The first-order chi connectivity index (χ1) is 9.28. The van der Waals surface area contributed by atoms with E-state index in [0.717, 1.165) is 18.7 Å². The Hall–Kier alpha value is -1.49. The molecule has 3 atom stereocenters. The lowest BCUT2D eigenvalue weighted by atomic mass is 9.99. The van der Waals surface area contributed by atoms with Gasteiger partial charge in [0.1, 0.15) is 11.5 Å². The second kappa shape index (κ2) is 5.13. The number of likely N-dealkylation sites (N-methyl/N-ethyl adjacent to an activating group) is 1. The summed E-state index contributed by atoms with van der Waals surface area (Å²) in [6.45, 7) is 7.40. The molecule has 2 aliphatic rings. The third-order valence-electron chi connectivity index (χ3n) is 4.70. The van der Waals surface area contributed by atoms with Crippen molar-refractivity contribution in [1.29, 1.82) is 0 Å². The number of piperidine rings is 1. The Morgan fingerprint density at radius 1 is 1.45 bits per heavy atom. The van der Waals surface area contributed by atoms with Gasteiger partial charge in [-0.15, -0.1) is 0 Å². The van der Waals surface area contributed by atoms with Crippen molar-refractivity contribution in [1.82, 2.24) is 14.5 Å². The van der Waals surface area contributed by atoms with Crippen LogP contribution in [0.15, 0.2) is 12.5 Å². The SMILES string of the molecule is CC(=O)[C@@H]1C2[C@H](CN1C)C2(C)C.Cn1cnc(C=O)c1. The zero-order valence-electron chi connectivity index (χ0n) is 12.8. The van der Waals surface area contributed by atoms with Gasteiger partial charge in [-0.2, -0.15) is 0 Å². The number of imidazole rings is 1. The van der Waals surface area contributed by atoms with Crippen molar-refractivity contribution in [2.45, 2.75) is 26.8 Å². The highest BCUT2D eigenvalue weighted by molar-refractivity contribution is 5.83. The largest absolute Gasteiger partial charge is 0.340 e. The van der Waals surface area contributed by atoms with E-state index in [2.05, 4.69) is 30.8 Å². The first-order valence-corrected chi connectivity index (χ1v) is 6.93. The zero-order chi connectivity index (χ0) is 15.1. The molecule has 0 bridgehead atoms. The van der Waals surface area contributed by atoms with Crippen LogP contribution in [0.2, 0.25) is 0 Å². The maximum atomic E-state index is 11.3. The number of aldehydes is 1. The summed E-state index contributed by atoms with van der Waals surface area (Å²) in [7, 11) is 3.88. The molecule has 110 valence electrons. The molecule has 0 radical (unpaired) electrons. The summed E-state index contributed by atoms with van der Waals surface area (Å²) in [5.74, 6) is 1.76. The molecular weight excluding hydrogens is 254 g/mol. The molecule has 0 aromatic carbocycles. The molecule has 5 nitrogen and oxygen atoms in total. The van der Waals surface area contributed by atoms with E-state index in [9.17, 15) is 9.59 Å². The molecule has 2 heterocycles. The monoisotopic (exact) mass is 277 g/mol. The number of fused-ring (bicyclic) bond motifs is 1. The fourth-order valence-electron chi connectivity index (χ4n) is 3.52. The van der Waals surface area contributed by atoms with E-state index >= 15 is 0 Å². The Balaban J connectivity index is 0.000000160. The smallest absolute Gasteiger partial charge is 0.169 e. The molecule has 3 rings (SSSR count). The third-order valence-corrected chi connectivity index (χ3v) is 4.70. The van der Waals surface area contributed by atoms with Gasteiger partial charge < -0.3 is 4.57 Å². The number of ketones is 1. The van der Waals surface area contributed by atoms with Crippen LogP contribution < -0.4 is 0 Å². The van der Waals surface area contributed by atoms with Gasteiger partial charge in [-0.1, -0.05) is 13.8 Å². The van der Waals surface area contributed by atoms with Crippen LogP contribution >= 0.6 is 0 Å². The minimum atomic E-state index is 0.213. The van der Waals surface area contributed by atoms with Crippen LogP contribution in [0.25, 0.3) is 0 Å². The molecule has 1 aliphatic heterocycles. The number of likely N-dealkylation sites (tertiary alicyclic amines) is 1. The van der Waals surface area contributed by atoms with Crippen LogP contribution in [0.5, 0.6) is 0 Å². The summed E-state index contributed by atoms with van der Waals surface area (Å²) in [6.07, 6.45) is 3.97. The molecule has 20 heavy (non-hydrogen) atoms. The van der Waals surface area contributed by atoms with E-state index in [1.807, 2.05) is 7.05 Å². The van der Waals surface area contributed by atoms with Gasteiger partial charge in [-0.3, -0.25) is 14.5 Å². The van der Waals surface area contributed by atoms with Crippen LogP contribution in [0.1, 0.15) is 31.3 Å². The molecule has 1 unspecified atom stereocenters. The zero-order valence-corrected chi connectivity index (χ0v) is 12.8. The Kier molecular flexibility index (Phi) is 3.82. The van der Waals surface area contributed by atoms with Gasteiger partial charge in [0.05, 0.1) is 12.4 Å². The molecule has 1 aromatic heterocycles. The summed E-state index contributed by atoms with van der Waals surface area (Å²) < 4.78 is 1.73. The van der Waals surface area contributed by atoms with Crippen LogP contribution in [0.3, 0.4) is 0 Å². The maximum absolute atomic E-state index is 11.3. The minimum Gasteiger partial charge on any atom is -0.340 e. The van der Waals surface area contributed by atoms with Crippen molar-refractivity contribution in [2.24, 2.45) is 24.3 Å². The lowest BCUT2D eigenvalue weighted by molar-refractivity contribution is -0.122. The number of rotatable bonds is 2. The average molecular weight is 277 g/mol. The summed E-state index contributed by atoms with van der Waals surface area (Å²) in [6, 6.07) is 0.213. The number of Topliss-reactive ketones (excluding diaryl/α,β-unsaturated/α-hetero) is 1. The van der Waals surface area contributed by atoms with Crippen molar-refractivity contribution in [3.63, 3.8) is 0 Å². The first-order valence-electron chi connectivity index (χ1n) is 6.93. The number of nitrogens with zero attached hydrogens (tertiary/aromatic N) is 3. The van der Waals surface area contributed by atoms with Crippen LogP contribution in [0.4, 0.5) is 0 Å². The van der Waals surface area contributed by atoms with Crippen molar-refractivity contribution >= 4 is 12.1 Å². The molecule has 1 saturated heterocycles. The summed E-state index contributed by atoms with van der Waals surface area (Å²) in [5.41, 5.74) is 0.913. The first kappa shape index (κ1) is 14.9. The molecule has 1 aliphatic carbocycles. The van der Waals surface area contributed by atoms with Crippen LogP contribution in [0, 0.1) is 17.3 Å². The molecular formula is C15H23N3O2. The topological polar surface area (TPSA) is 55.2 Å². The summed E-state index contributed by atoms with van der Waals surface area (Å²) >= 11 is 0. The molecule has 2 fully saturated rings. The fourth-order valence-corrected chi connectivity index (χ4v) is 3.52. The highest BCUT2D eigenvalue weighted by Crippen LogP contribution is 2.64. The van der Waals surface area contributed by atoms with Gasteiger partial charge >= 0.3 is 0 Å². The second-order valence-corrected chi connectivity index (χ2v) is 6.53. The average Bonchev–Trinajstić information content (AvgIpc) is 2.79. The quantitative estimate of drug-likeness (QED) is 0.767. The van der Waals surface area contributed by atoms with E-state index in [4.69, 9.17) is 0 Å². The predicted octanol–water partition coefficient (Wildman–Crippen LogP) is 1.39. The normalized spacial score (nSPS) is 30.1. The summed E-state index contributed by atoms with van der Waals surface area (Å²) in [5, 5.41) is 0. The minimum absolute atomic E-state index is 0.213. The molecule has 0 amide bonds. The second-order valence-electron chi connectivity index (χ2n) is 6.53. The van der Waals surface area contributed by atoms with Crippen molar-refractivity contribution < 1.29 is 9.59 Å². The lowest BCUT2D eigenvalue weighted by Crippen LogP contribution is -2.37. The number of aromatic nitrogens is 2. The maximum Gasteiger partial charge on any atom is 0.169 e. The standard InChI is InChI=1S/C10H17NO.C5H6N2O/c1-6(12)9-8-7(5-11(9)4)10(8,2)3;1-7-2-5(3-8)6-4-7/h7-9H,5H2,1-4H3;2-4H,1H3/t7-,8?,9+;/m0./s1. The Bertz CT molecular complexity index is 521. The number of carbonyl (C=O) groups excluding carboxylic acids is 2. The van der Waals surface area contributed by atoms with Gasteiger partial charge in [0, 0.05) is 19.8 Å². The lowest BCUT2D eigenvalue weighted by Gasteiger charge is -2.24. The Morgan fingerprint density at radius 2 is 2.10 bits per heavy atom.